The van der Waals surface area contributed by atoms with E-state index in [1.54, 1.807) is 12.1 Å². The number of benzene rings is 1. The number of nitrogens with one attached hydrogen (secondary N) is 1. The Hall–Kier alpha value is -0.950. The molecule has 0 aliphatic carbocycles. The normalized spacial score (nSPS) is 17.3. The highest BCUT2D eigenvalue weighted by Gasteiger charge is 2.17. The van der Waals surface area contributed by atoms with Crippen LogP contribution in [0.4, 0.5) is 0 Å². The monoisotopic (exact) mass is 313 g/mol. The van der Waals surface area contributed by atoms with E-state index in [0.717, 1.165) is 12.0 Å². The number of sulfonamides is 1. The van der Waals surface area contributed by atoms with Crippen molar-refractivity contribution in [2.24, 2.45) is 0 Å². The van der Waals surface area contributed by atoms with Gasteiger partial charge in [-0.3, -0.25) is 0 Å². The van der Waals surface area contributed by atoms with E-state index < -0.39 is 10.0 Å². The van der Waals surface area contributed by atoms with E-state index in [4.69, 9.17) is 9.47 Å². The van der Waals surface area contributed by atoms with Gasteiger partial charge >= 0.3 is 0 Å². The molecule has 0 atom stereocenters. The maximum atomic E-state index is 12.2. The second-order valence-electron chi connectivity index (χ2n) is 5.43. The predicted molar refractivity (Wildman–Crippen MR) is 80.6 cm³/mol. The van der Waals surface area contributed by atoms with Crippen molar-refractivity contribution in [2.45, 2.75) is 43.8 Å². The summed E-state index contributed by atoms with van der Waals surface area (Å²) in [6, 6.07) is 7.00. The molecule has 0 unspecified atom stereocenters. The quantitative estimate of drug-likeness (QED) is 0.875. The van der Waals surface area contributed by atoms with Gasteiger partial charge in [-0.25, -0.2) is 13.1 Å². The molecule has 21 heavy (non-hydrogen) atoms. The topological polar surface area (TPSA) is 64.6 Å². The van der Waals surface area contributed by atoms with Crippen LogP contribution < -0.4 is 4.72 Å². The van der Waals surface area contributed by atoms with E-state index in [-0.39, 0.29) is 11.2 Å². The van der Waals surface area contributed by atoms with Crippen molar-refractivity contribution < 1.29 is 17.9 Å². The Balaban J connectivity index is 1.88. The molecule has 1 saturated heterocycles. The molecule has 1 aromatic rings. The lowest BCUT2D eigenvalue weighted by Gasteiger charge is -2.23. The molecule has 1 aliphatic heterocycles. The van der Waals surface area contributed by atoms with Gasteiger partial charge < -0.3 is 9.47 Å². The van der Waals surface area contributed by atoms with Gasteiger partial charge in [0, 0.05) is 13.0 Å². The highest BCUT2D eigenvalue weighted by atomic mass is 32.2. The summed E-state index contributed by atoms with van der Waals surface area (Å²) >= 11 is 0. The minimum Gasteiger partial charge on any atom is -0.353 e. The van der Waals surface area contributed by atoms with Gasteiger partial charge in [0.1, 0.15) is 0 Å². The molecule has 1 aliphatic rings. The molecule has 1 aromatic carbocycles. The van der Waals surface area contributed by atoms with Crippen molar-refractivity contribution >= 4 is 10.0 Å². The Morgan fingerprint density at radius 2 is 1.81 bits per heavy atom. The van der Waals surface area contributed by atoms with Gasteiger partial charge in [0.25, 0.3) is 0 Å². The van der Waals surface area contributed by atoms with Crippen LogP contribution in [0.25, 0.3) is 0 Å². The standard InChI is InChI=1S/C15H23NO4S/c1-12(2)13-4-6-14(7-5-13)21(17,18)16-9-8-15-19-10-3-11-20-15/h4-7,12,15-16H,3,8-11H2,1-2H3. The van der Waals surface area contributed by atoms with E-state index in [1.807, 2.05) is 12.1 Å². The van der Waals surface area contributed by atoms with Gasteiger partial charge in [0.2, 0.25) is 10.0 Å². The highest BCUT2D eigenvalue weighted by molar-refractivity contribution is 7.89. The van der Waals surface area contributed by atoms with Crippen LogP contribution in [0.3, 0.4) is 0 Å². The summed E-state index contributed by atoms with van der Waals surface area (Å²) in [5, 5.41) is 0. The molecule has 0 radical (unpaired) electrons. The molecule has 0 saturated carbocycles. The first-order valence-corrected chi connectivity index (χ1v) is 8.80. The van der Waals surface area contributed by atoms with Crippen LogP contribution >= 0.6 is 0 Å². The SMILES string of the molecule is CC(C)c1ccc(S(=O)(=O)NCCC2OCCCO2)cc1. The van der Waals surface area contributed by atoms with Crippen LogP contribution in [0.15, 0.2) is 29.2 Å². The molecular weight excluding hydrogens is 290 g/mol. The smallest absolute Gasteiger partial charge is 0.240 e. The van der Waals surface area contributed by atoms with Crippen molar-refractivity contribution in [1.29, 1.82) is 0 Å². The minimum atomic E-state index is -3.46. The van der Waals surface area contributed by atoms with Crippen LogP contribution in [-0.2, 0) is 19.5 Å². The molecule has 2 rings (SSSR count). The summed E-state index contributed by atoms with van der Waals surface area (Å²) in [6.07, 6.45) is 1.11. The van der Waals surface area contributed by atoms with E-state index in [9.17, 15) is 8.42 Å². The predicted octanol–water partition coefficient (Wildman–Crippen LogP) is 2.24. The number of hydrogen-bond acceptors (Lipinski definition) is 4. The van der Waals surface area contributed by atoms with Crippen LogP contribution in [-0.4, -0.2) is 34.5 Å². The maximum Gasteiger partial charge on any atom is 0.240 e. The summed E-state index contributed by atoms with van der Waals surface area (Å²) in [4.78, 5) is 0.289. The second-order valence-corrected chi connectivity index (χ2v) is 7.20. The van der Waals surface area contributed by atoms with Crippen molar-refractivity contribution in [2.75, 3.05) is 19.8 Å². The van der Waals surface area contributed by atoms with Gasteiger partial charge in [-0.1, -0.05) is 26.0 Å². The van der Waals surface area contributed by atoms with Gasteiger partial charge in [0.15, 0.2) is 6.29 Å². The Kier molecular flexibility index (Phi) is 5.75. The van der Waals surface area contributed by atoms with Gasteiger partial charge in [0.05, 0.1) is 18.1 Å². The number of ether oxygens (including phenoxy) is 2. The molecule has 1 N–H and O–H groups in total. The van der Waals surface area contributed by atoms with Gasteiger partial charge in [-0.2, -0.15) is 0 Å². The summed E-state index contributed by atoms with van der Waals surface area (Å²) in [6.45, 7) is 5.80. The Labute approximate surface area is 126 Å². The zero-order valence-corrected chi connectivity index (χ0v) is 13.4. The minimum absolute atomic E-state index is 0.289. The summed E-state index contributed by atoms with van der Waals surface area (Å²) < 4.78 is 37.7. The zero-order valence-electron chi connectivity index (χ0n) is 12.5. The maximum absolute atomic E-state index is 12.2. The molecule has 5 nitrogen and oxygen atoms in total. The highest BCUT2D eigenvalue weighted by Crippen LogP contribution is 2.17. The summed E-state index contributed by atoms with van der Waals surface area (Å²) in [7, 11) is -3.46. The van der Waals surface area contributed by atoms with Crippen LogP contribution in [0.5, 0.6) is 0 Å². The zero-order chi connectivity index (χ0) is 15.3. The second kappa shape index (κ2) is 7.35. The fourth-order valence-electron chi connectivity index (χ4n) is 2.13. The Bertz CT molecular complexity index is 533. The van der Waals surface area contributed by atoms with Crippen LogP contribution in [0.2, 0.25) is 0 Å². The lowest BCUT2D eigenvalue weighted by molar-refractivity contribution is -0.180. The molecule has 1 heterocycles. The fourth-order valence-corrected chi connectivity index (χ4v) is 3.18. The van der Waals surface area contributed by atoms with E-state index in [2.05, 4.69) is 18.6 Å². The first-order valence-electron chi connectivity index (χ1n) is 7.32. The Morgan fingerprint density at radius 3 is 2.38 bits per heavy atom. The molecule has 0 amide bonds. The molecule has 0 aromatic heterocycles. The average molecular weight is 313 g/mol. The van der Waals surface area contributed by atoms with Crippen LogP contribution in [0, 0.1) is 0 Å². The van der Waals surface area contributed by atoms with Crippen molar-refractivity contribution in [1.82, 2.24) is 4.72 Å². The molecule has 0 spiro atoms. The molecular formula is C15H23NO4S. The third-order valence-corrected chi connectivity index (χ3v) is 4.90. The van der Waals surface area contributed by atoms with E-state index in [0.29, 0.717) is 32.1 Å². The number of rotatable bonds is 6. The van der Waals surface area contributed by atoms with Gasteiger partial charge in [-0.15, -0.1) is 0 Å². The summed E-state index contributed by atoms with van der Waals surface area (Å²) in [5.74, 6) is 0.385. The molecule has 0 bridgehead atoms. The number of hydrogen-bond donors (Lipinski definition) is 1. The summed E-state index contributed by atoms with van der Waals surface area (Å²) in [5.41, 5.74) is 1.12. The first-order chi connectivity index (χ1) is 9.99. The van der Waals surface area contributed by atoms with Crippen molar-refractivity contribution in [3.8, 4) is 0 Å². The average Bonchev–Trinajstić information content (AvgIpc) is 2.48. The van der Waals surface area contributed by atoms with Crippen molar-refractivity contribution in [3.05, 3.63) is 29.8 Å². The lowest BCUT2D eigenvalue weighted by Crippen LogP contribution is -2.31. The van der Waals surface area contributed by atoms with E-state index >= 15 is 0 Å². The molecule has 1 fully saturated rings. The largest absolute Gasteiger partial charge is 0.353 e. The van der Waals surface area contributed by atoms with Gasteiger partial charge in [-0.05, 0) is 30.0 Å². The van der Waals surface area contributed by atoms with Crippen molar-refractivity contribution in [3.63, 3.8) is 0 Å². The van der Waals surface area contributed by atoms with E-state index in [1.165, 1.54) is 0 Å². The molecule has 118 valence electrons. The third-order valence-electron chi connectivity index (χ3n) is 3.43. The lowest BCUT2D eigenvalue weighted by atomic mass is 10.0. The first kappa shape index (κ1) is 16.4. The van der Waals surface area contributed by atoms with Crippen LogP contribution in [0.1, 0.15) is 38.2 Å². The third kappa shape index (κ3) is 4.78. The fraction of sp³-hybridized carbons (Fsp3) is 0.600. The Morgan fingerprint density at radius 1 is 1.19 bits per heavy atom. The molecule has 6 heteroatoms.